The van der Waals surface area contributed by atoms with Crippen LogP contribution in [0.25, 0.3) is 0 Å². The van der Waals surface area contributed by atoms with Gasteiger partial charge in [-0.1, -0.05) is 25.5 Å². The van der Waals surface area contributed by atoms with Gasteiger partial charge < -0.3 is 20.4 Å². The highest BCUT2D eigenvalue weighted by molar-refractivity contribution is 5.97. The van der Waals surface area contributed by atoms with Gasteiger partial charge in [0, 0.05) is 39.1 Å². The van der Waals surface area contributed by atoms with E-state index in [2.05, 4.69) is 15.1 Å². The number of amides is 1. The Morgan fingerprint density at radius 1 is 1.00 bits per heavy atom. The molecule has 1 aliphatic heterocycles. The van der Waals surface area contributed by atoms with Crippen molar-refractivity contribution in [2.75, 3.05) is 36.4 Å². The van der Waals surface area contributed by atoms with Crippen LogP contribution in [-0.4, -0.2) is 65.3 Å². The Hall–Kier alpha value is -3.67. The molecule has 0 unspecified atom stereocenters. The molecule has 3 rings (SSSR count). The maximum absolute atomic E-state index is 13.4. The minimum absolute atomic E-state index is 0.106. The first-order valence-electron chi connectivity index (χ1n) is 11.6. The summed E-state index contributed by atoms with van der Waals surface area (Å²) in [5.41, 5.74) is 2.46. The SMILES string of the molecule is CCCCC(=O)Nc1cc(C(=O)O)ccc1N1CCN(Cc2cccc(F)c2)CC1.O=C(O)C(F)(F)F. The number of carboxylic acids is 2. The zero-order valence-electron chi connectivity index (χ0n) is 20.2. The molecule has 0 saturated carbocycles. The van der Waals surface area contributed by atoms with Gasteiger partial charge in [-0.2, -0.15) is 13.2 Å². The lowest BCUT2D eigenvalue weighted by Gasteiger charge is -2.37. The molecule has 1 fully saturated rings. The Kier molecular flexibility index (Phi) is 10.9. The van der Waals surface area contributed by atoms with E-state index in [9.17, 15) is 32.3 Å². The lowest BCUT2D eigenvalue weighted by atomic mass is 10.1. The van der Waals surface area contributed by atoms with E-state index < -0.39 is 18.1 Å². The number of carboxylic acid groups (broad SMARTS) is 2. The number of nitrogens with zero attached hydrogens (tertiary/aromatic N) is 2. The summed E-state index contributed by atoms with van der Waals surface area (Å²) in [7, 11) is 0. The van der Waals surface area contributed by atoms with Crippen molar-refractivity contribution >= 4 is 29.2 Å². The number of carbonyl (C=O) groups is 3. The minimum Gasteiger partial charge on any atom is -0.478 e. The predicted octanol–water partition coefficient (Wildman–Crippen LogP) is 4.61. The molecule has 8 nitrogen and oxygen atoms in total. The lowest BCUT2D eigenvalue weighted by Crippen LogP contribution is -2.46. The standard InChI is InChI=1S/C23H28FN3O3.C2HF3O2/c1-2-3-7-22(28)25-20-15-18(23(29)30)8-9-21(20)27-12-10-26(11-13-27)16-17-5-4-6-19(24)14-17;3-2(4,5)1(6)7/h4-6,8-9,14-15H,2-3,7,10-13,16H2,1H3,(H,25,28)(H,29,30);(H,6,7). The number of piperazine rings is 1. The Morgan fingerprint density at radius 2 is 1.65 bits per heavy atom. The molecule has 3 N–H and O–H groups in total. The van der Waals surface area contributed by atoms with Crippen molar-refractivity contribution in [2.45, 2.75) is 38.9 Å². The Labute approximate surface area is 211 Å². The number of hydrogen-bond donors (Lipinski definition) is 3. The number of unbranched alkanes of at least 4 members (excludes halogenated alkanes) is 1. The van der Waals surface area contributed by atoms with Gasteiger partial charge in [-0.15, -0.1) is 0 Å². The Balaban J connectivity index is 0.000000604. The molecule has 0 bridgehead atoms. The van der Waals surface area contributed by atoms with Crippen molar-refractivity contribution in [3.05, 3.63) is 59.4 Å². The molecule has 0 atom stereocenters. The van der Waals surface area contributed by atoms with Crippen LogP contribution in [0, 0.1) is 5.82 Å². The fraction of sp³-hybridized carbons (Fsp3) is 0.400. The number of aromatic carboxylic acids is 1. The van der Waals surface area contributed by atoms with E-state index in [4.69, 9.17) is 9.90 Å². The maximum atomic E-state index is 13.4. The molecule has 2 aromatic rings. The summed E-state index contributed by atoms with van der Waals surface area (Å²) in [4.78, 5) is 36.9. The second kappa shape index (κ2) is 13.6. The summed E-state index contributed by atoms with van der Waals surface area (Å²) < 4.78 is 45.2. The molecule has 0 spiro atoms. The van der Waals surface area contributed by atoms with Crippen LogP contribution in [0.4, 0.5) is 28.9 Å². The molecule has 1 heterocycles. The molecule has 1 saturated heterocycles. The topological polar surface area (TPSA) is 110 Å². The number of benzene rings is 2. The smallest absolute Gasteiger partial charge is 0.478 e. The zero-order chi connectivity index (χ0) is 27.6. The normalized spacial score (nSPS) is 13.9. The van der Waals surface area contributed by atoms with E-state index in [0.717, 1.165) is 50.3 Å². The van der Waals surface area contributed by atoms with Crippen LogP contribution >= 0.6 is 0 Å². The third kappa shape index (κ3) is 9.71. The van der Waals surface area contributed by atoms with Gasteiger partial charge in [0.15, 0.2) is 0 Å². The first kappa shape index (κ1) is 29.6. The van der Waals surface area contributed by atoms with Gasteiger partial charge in [-0.05, 0) is 42.3 Å². The Morgan fingerprint density at radius 3 is 2.19 bits per heavy atom. The molecular weight excluding hydrogens is 498 g/mol. The fourth-order valence-corrected chi connectivity index (χ4v) is 3.64. The molecule has 37 heavy (non-hydrogen) atoms. The number of alkyl halides is 3. The van der Waals surface area contributed by atoms with Crippen molar-refractivity contribution in [3.63, 3.8) is 0 Å². The first-order valence-corrected chi connectivity index (χ1v) is 11.6. The van der Waals surface area contributed by atoms with E-state index in [0.29, 0.717) is 18.7 Å². The van der Waals surface area contributed by atoms with Crippen molar-refractivity contribution in [2.24, 2.45) is 0 Å². The van der Waals surface area contributed by atoms with Gasteiger partial charge in [0.25, 0.3) is 0 Å². The van der Waals surface area contributed by atoms with Gasteiger partial charge in [0.05, 0.1) is 16.9 Å². The van der Waals surface area contributed by atoms with Crippen LogP contribution in [0.3, 0.4) is 0 Å². The summed E-state index contributed by atoms with van der Waals surface area (Å²) in [5, 5.41) is 19.3. The number of hydrogen-bond acceptors (Lipinski definition) is 5. The Bertz CT molecular complexity index is 1090. The third-order valence-electron chi connectivity index (χ3n) is 5.53. The lowest BCUT2D eigenvalue weighted by molar-refractivity contribution is -0.192. The van der Waals surface area contributed by atoms with E-state index >= 15 is 0 Å². The molecule has 202 valence electrons. The van der Waals surface area contributed by atoms with E-state index in [1.165, 1.54) is 12.1 Å². The second-order valence-corrected chi connectivity index (χ2v) is 8.38. The van der Waals surface area contributed by atoms with Crippen molar-refractivity contribution < 1.29 is 42.2 Å². The van der Waals surface area contributed by atoms with Crippen molar-refractivity contribution in [3.8, 4) is 0 Å². The van der Waals surface area contributed by atoms with Crippen LogP contribution in [0.5, 0.6) is 0 Å². The van der Waals surface area contributed by atoms with Crippen LogP contribution in [-0.2, 0) is 16.1 Å². The van der Waals surface area contributed by atoms with Crippen molar-refractivity contribution in [1.82, 2.24) is 4.90 Å². The monoisotopic (exact) mass is 527 g/mol. The van der Waals surface area contributed by atoms with Gasteiger partial charge in [0.1, 0.15) is 5.82 Å². The number of rotatable bonds is 8. The molecule has 1 amide bonds. The van der Waals surface area contributed by atoms with Crippen LogP contribution < -0.4 is 10.2 Å². The van der Waals surface area contributed by atoms with E-state index in [1.807, 2.05) is 13.0 Å². The summed E-state index contributed by atoms with van der Waals surface area (Å²) >= 11 is 0. The highest BCUT2D eigenvalue weighted by Crippen LogP contribution is 2.29. The molecule has 1 aliphatic rings. The highest BCUT2D eigenvalue weighted by Gasteiger charge is 2.38. The third-order valence-corrected chi connectivity index (χ3v) is 5.53. The average Bonchev–Trinajstić information content (AvgIpc) is 2.83. The quantitative estimate of drug-likeness (QED) is 0.430. The van der Waals surface area contributed by atoms with Crippen LogP contribution in [0.1, 0.15) is 42.1 Å². The molecule has 0 aliphatic carbocycles. The highest BCUT2D eigenvalue weighted by atomic mass is 19.4. The van der Waals surface area contributed by atoms with Gasteiger partial charge in [-0.3, -0.25) is 9.69 Å². The summed E-state index contributed by atoms with van der Waals surface area (Å²) in [6.07, 6.45) is -2.96. The van der Waals surface area contributed by atoms with Crippen LogP contribution in [0.15, 0.2) is 42.5 Å². The predicted molar refractivity (Wildman–Crippen MR) is 129 cm³/mol. The van der Waals surface area contributed by atoms with Crippen molar-refractivity contribution in [1.29, 1.82) is 0 Å². The fourth-order valence-electron chi connectivity index (χ4n) is 3.64. The summed E-state index contributed by atoms with van der Waals surface area (Å²) in [5.74, 6) is -4.11. The van der Waals surface area contributed by atoms with E-state index in [1.54, 1.807) is 24.3 Å². The number of nitrogens with one attached hydrogen (secondary N) is 1. The number of carbonyl (C=O) groups excluding carboxylic acids is 1. The van der Waals surface area contributed by atoms with Crippen LogP contribution in [0.2, 0.25) is 0 Å². The zero-order valence-corrected chi connectivity index (χ0v) is 20.2. The minimum atomic E-state index is -5.08. The number of halogens is 4. The maximum Gasteiger partial charge on any atom is 0.490 e. The molecule has 0 radical (unpaired) electrons. The molecule has 12 heteroatoms. The average molecular weight is 528 g/mol. The van der Waals surface area contributed by atoms with Gasteiger partial charge in [0.2, 0.25) is 5.91 Å². The van der Waals surface area contributed by atoms with Gasteiger partial charge in [-0.25, -0.2) is 14.0 Å². The summed E-state index contributed by atoms with van der Waals surface area (Å²) in [6.45, 7) is 5.76. The largest absolute Gasteiger partial charge is 0.490 e. The first-order chi connectivity index (χ1) is 17.4. The molecule has 2 aromatic carbocycles. The van der Waals surface area contributed by atoms with E-state index in [-0.39, 0.29) is 17.3 Å². The second-order valence-electron chi connectivity index (χ2n) is 8.38. The molecule has 0 aromatic heterocycles. The number of aliphatic carboxylic acids is 1. The number of anilines is 2. The van der Waals surface area contributed by atoms with Gasteiger partial charge >= 0.3 is 18.1 Å². The summed E-state index contributed by atoms with van der Waals surface area (Å²) in [6, 6.07) is 11.5. The molecular formula is C25H29F4N3O5.